The molecule has 0 saturated carbocycles. The minimum absolute atomic E-state index is 0.104. The molecule has 0 spiro atoms. The zero-order valence-electron chi connectivity index (χ0n) is 11.0. The highest BCUT2D eigenvalue weighted by atomic mass is 15.1. The molecule has 0 aliphatic heterocycles. The molecule has 3 N–H and O–H groups in total. The van der Waals surface area contributed by atoms with E-state index in [0.717, 1.165) is 13.0 Å². The molecule has 0 heterocycles. The molecule has 17 heavy (non-hydrogen) atoms. The third kappa shape index (κ3) is 12.7. The van der Waals surface area contributed by atoms with Crippen molar-refractivity contribution in [1.29, 1.82) is 10.7 Å². The molecule has 0 bridgehead atoms. The van der Waals surface area contributed by atoms with Gasteiger partial charge in [0.15, 0.2) is 6.19 Å². The second-order valence-corrected chi connectivity index (χ2v) is 4.37. The Morgan fingerprint density at radius 3 is 2.06 bits per heavy atom. The van der Waals surface area contributed by atoms with E-state index >= 15 is 0 Å². The maximum atomic E-state index is 8.26. The first-order valence-corrected chi connectivity index (χ1v) is 6.78. The summed E-state index contributed by atoms with van der Waals surface area (Å²) in [6, 6.07) is 0. The Bertz CT molecular complexity index is 220. The average Bonchev–Trinajstić information content (AvgIpc) is 2.32. The van der Waals surface area contributed by atoms with Crippen LogP contribution >= 0.6 is 0 Å². The van der Waals surface area contributed by atoms with Gasteiger partial charge in [-0.25, -0.2) is 0 Å². The standard InChI is InChI=1S/C13H26N4/c1-2-3-4-5-6-7-8-9-10-11-16-13(15)17-12-14/h2-11H2,1H3,(H3,15,16,17). The van der Waals surface area contributed by atoms with Crippen LogP contribution in [0.1, 0.15) is 64.7 Å². The summed E-state index contributed by atoms with van der Waals surface area (Å²) < 4.78 is 0. The van der Waals surface area contributed by atoms with Gasteiger partial charge < -0.3 is 5.32 Å². The summed E-state index contributed by atoms with van der Waals surface area (Å²) in [7, 11) is 0. The van der Waals surface area contributed by atoms with Crippen molar-refractivity contribution < 1.29 is 0 Å². The molecule has 0 aliphatic rings. The molecule has 0 aromatic carbocycles. The lowest BCUT2D eigenvalue weighted by molar-refractivity contribution is 0.562. The van der Waals surface area contributed by atoms with E-state index in [9.17, 15) is 0 Å². The first-order valence-electron chi connectivity index (χ1n) is 6.78. The number of nitriles is 1. The molecule has 4 nitrogen and oxygen atoms in total. The number of guanidine groups is 1. The number of rotatable bonds is 10. The summed E-state index contributed by atoms with van der Waals surface area (Å²) in [5.41, 5.74) is 0. The van der Waals surface area contributed by atoms with Crippen LogP contribution in [0, 0.1) is 16.9 Å². The Kier molecular flexibility index (Phi) is 11.9. The summed E-state index contributed by atoms with van der Waals surface area (Å²) in [5, 5.41) is 20.6. The third-order valence-electron chi connectivity index (χ3n) is 2.76. The van der Waals surface area contributed by atoms with Crippen LogP contribution in [0.25, 0.3) is 0 Å². The minimum Gasteiger partial charge on any atom is -0.356 e. The number of hydrogen-bond acceptors (Lipinski definition) is 2. The van der Waals surface area contributed by atoms with E-state index < -0.39 is 0 Å². The Hall–Kier alpha value is -1.24. The average molecular weight is 238 g/mol. The Balaban J connectivity index is 3.04. The lowest BCUT2D eigenvalue weighted by atomic mass is 10.1. The quantitative estimate of drug-likeness (QED) is 0.180. The summed E-state index contributed by atoms with van der Waals surface area (Å²) >= 11 is 0. The molecule has 0 unspecified atom stereocenters. The highest BCUT2D eigenvalue weighted by molar-refractivity contribution is 5.77. The molecule has 0 aromatic rings. The largest absolute Gasteiger partial charge is 0.356 e. The van der Waals surface area contributed by atoms with Crippen molar-refractivity contribution in [2.75, 3.05) is 6.54 Å². The van der Waals surface area contributed by atoms with E-state index in [1.165, 1.54) is 51.4 Å². The molecular formula is C13H26N4. The van der Waals surface area contributed by atoms with Gasteiger partial charge in [0.2, 0.25) is 5.96 Å². The van der Waals surface area contributed by atoms with Crippen molar-refractivity contribution in [2.24, 2.45) is 0 Å². The highest BCUT2D eigenvalue weighted by Crippen LogP contribution is 2.08. The first kappa shape index (κ1) is 15.8. The van der Waals surface area contributed by atoms with Gasteiger partial charge in [-0.05, 0) is 6.42 Å². The van der Waals surface area contributed by atoms with Gasteiger partial charge in [-0.1, -0.05) is 58.3 Å². The monoisotopic (exact) mass is 238 g/mol. The van der Waals surface area contributed by atoms with Gasteiger partial charge in [0.05, 0.1) is 0 Å². The van der Waals surface area contributed by atoms with E-state index in [1.54, 1.807) is 6.19 Å². The molecule has 0 radical (unpaired) electrons. The van der Waals surface area contributed by atoms with Crippen molar-refractivity contribution in [3.8, 4) is 6.19 Å². The third-order valence-corrected chi connectivity index (χ3v) is 2.76. The van der Waals surface area contributed by atoms with Gasteiger partial charge in [0.1, 0.15) is 0 Å². The predicted molar refractivity (Wildman–Crippen MR) is 71.7 cm³/mol. The molecule has 98 valence electrons. The summed E-state index contributed by atoms with van der Waals surface area (Å²) in [6.07, 6.45) is 13.4. The van der Waals surface area contributed by atoms with E-state index in [1.807, 2.05) is 0 Å². The van der Waals surface area contributed by atoms with E-state index in [-0.39, 0.29) is 5.96 Å². The zero-order valence-corrected chi connectivity index (χ0v) is 11.0. The number of hydrogen-bond donors (Lipinski definition) is 3. The predicted octanol–water partition coefficient (Wildman–Crippen LogP) is 3.11. The van der Waals surface area contributed by atoms with Crippen molar-refractivity contribution in [3.05, 3.63) is 0 Å². The fourth-order valence-electron chi connectivity index (χ4n) is 1.75. The van der Waals surface area contributed by atoms with Gasteiger partial charge in [0, 0.05) is 6.54 Å². The molecule has 0 saturated heterocycles. The zero-order chi connectivity index (χ0) is 12.8. The van der Waals surface area contributed by atoms with Crippen molar-refractivity contribution in [3.63, 3.8) is 0 Å². The van der Waals surface area contributed by atoms with Crippen LogP contribution in [0.15, 0.2) is 0 Å². The maximum absolute atomic E-state index is 8.26. The smallest absolute Gasteiger partial charge is 0.201 e. The summed E-state index contributed by atoms with van der Waals surface area (Å²) in [6.45, 7) is 3.02. The molecule has 0 aromatic heterocycles. The number of nitrogens with zero attached hydrogens (tertiary/aromatic N) is 1. The topological polar surface area (TPSA) is 71.7 Å². The fraction of sp³-hybridized carbons (Fsp3) is 0.846. The van der Waals surface area contributed by atoms with Crippen molar-refractivity contribution >= 4 is 5.96 Å². The molecule has 0 rings (SSSR count). The molecule has 4 heteroatoms. The summed E-state index contributed by atoms with van der Waals surface area (Å²) in [5.74, 6) is 0.104. The van der Waals surface area contributed by atoms with Crippen LogP contribution in [0.5, 0.6) is 0 Å². The summed E-state index contributed by atoms with van der Waals surface area (Å²) in [4.78, 5) is 0. The van der Waals surface area contributed by atoms with Crippen LogP contribution in [-0.2, 0) is 0 Å². The van der Waals surface area contributed by atoms with E-state index in [2.05, 4.69) is 17.6 Å². The highest BCUT2D eigenvalue weighted by Gasteiger charge is 1.94. The maximum Gasteiger partial charge on any atom is 0.201 e. The van der Waals surface area contributed by atoms with Gasteiger partial charge >= 0.3 is 0 Å². The van der Waals surface area contributed by atoms with Crippen LogP contribution in [0.3, 0.4) is 0 Å². The molecule has 0 amide bonds. The lowest BCUT2D eigenvalue weighted by Gasteiger charge is -2.05. The van der Waals surface area contributed by atoms with Crippen LogP contribution < -0.4 is 10.6 Å². The van der Waals surface area contributed by atoms with Gasteiger partial charge in [-0.15, -0.1) is 0 Å². The molecule has 0 atom stereocenters. The van der Waals surface area contributed by atoms with Crippen molar-refractivity contribution in [2.45, 2.75) is 64.7 Å². The van der Waals surface area contributed by atoms with Gasteiger partial charge in [-0.3, -0.25) is 10.7 Å². The van der Waals surface area contributed by atoms with E-state index in [0.29, 0.717) is 0 Å². The second kappa shape index (κ2) is 12.8. The Labute approximate surface area is 105 Å². The minimum atomic E-state index is 0.104. The molecular weight excluding hydrogens is 212 g/mol. The SMILES string of the molecule is CCCCCCCCCCCNC(=N)NC#N. The first-order chi connectivity index (χ1) is 8.31. The Morgan fingerprint density at radius 2 is 1.53 bits per heavy atom. The Morgan fingerprint density at radius 1 is 1.00 bits per heavy atom. The normalized spacial score (nSPS) is 9.65. The van der Waals surface area contributed by atoms with Crippen molar-refractivity contribution in [1.82, 2.24) is 10.6 Å². The fourth-order valence-corrected chi connectivity index (χ4v) is 1.75. The van der Waals surface area contributed by atoms with Gasteiger partial charge in [0.25, 0.3) is 0 Å². The van der Waals surface area contributed by atoms with Crippen LogP contribution in [0.2, 0.25) is 0 Å². The second-order valence-electron chi connectivity index (χ2n) is 4.37. The van der Waals surface area contributed by atoms with Crippen LogP contribution in [0.4, 0.5) is 0 Å². The van der Waals surface area contributed by atoms with Crippen LogP contribution in [-0.4, -0.2) is 12.5 Å². The molecule has 0 fully saturated rings. The van der Waals surface area contributed by atoms with Gasteiger partial charge in [-0.2, -0.15) is 5.26 Å². The number of nitrogens with one attached hydrogen (secondary N) is 3. The lowest BCUT2D eigenvalue weighted by Crippen LogP contribution is -2.33. The van der Waals surface area contributed by atoms with E-state index in [4.69, 9.17) is 10.7 Å². The number of unbranched alkanes of at least 4 members (excludes halogenated alkanes) is 8. The molecule has 0 aliphatic carbocycles.